The lowest BCUT2D eigenvalue weighted by Crippen LogP contribution is -2.54. The number of allylic oxidation sites excluding steroid dienone is 4. The van der Waals surface area contributed by atoms with E-state index in [-0.39, 0.29) is 28.9 Å². The molecule has 0 amide bonds. The van der Waals surface area contributed by atoms with Crippen molar-refractivity contribution in [3.63, 3.8) is 0 Å². The van der Waals surface area contributed by atoms with Gasteiger partial charge in [-0.3, -0.25) is 4.79 Å². The number of aryl methyl sites for hydroxylation is 1. The van der Waals surface area contributed by atoms with Gasteiger partial charge in [0.15, 0.2) is 5.78 Å². The van der Waals surface area contributed by atoms with Gasteiger partial charge in [-0.05, 0) is 89.5 Å². The van der Waals surface area contributed by atoms with E-state index in [9.17, 15) is 19.8 Å². The highest BCUT2D eigenvalue weighted by Crippen LogP contribution is 2.47. The molecule has 0 saturated heterocycles. The third kappa shape index (κ3) is 3.87. The molecule has 6 heteroatoms. The number of anilines is 2. The highest BCUT2D eigenvalue weighted by atomic mass is 28.3. The first-order valence-corrected chi connectivity index (χ1v) is 15.0. The largest absolute Gasteiger partial charge is 0.508 e. The summed E-state index contributed by atoms with van der Waals surface area (Å²) in [7, 11) is -0.188. The van der Waals surface area contributed by atoms with Crippen LogP contribution in [0.15, 0.2) is 84.1 Å². The normalized spacial score (nSPS) is 19.8. The average Bonchev–Trinajstić information content (AvgIpc) is 2.85. The van der Waals surface area contributed by atoms with Crippen LogP contribution < -0.4 is 10.1 Å². The maximum atomic E-state index is 12.5. The quantitative estimate of drug-likeness (QED) is 0.471. The predicted molar refractivity (Wildman–Crippen MR) is 145 cm³/mol. The second kappa shape index (κ2) is 8.64. The number of aromatic hydroxyl groups is 1. The van der Waals surface area contributed by atoms with Crippen molar-refractivity contribution < 1.29 is 19.8 Å². The van der Waals surface area contributed by atoms with Crippen LogP contribution >= 0.6 is 0 Å². The predicted octanol–water partition coefficient (Wildman–Crippen LogP) is 5.45. The minimum Gasteiger partial charge on any atom is -0.508 e. The molecule has 2 aliphatic rings. The summed E-state index contributed by atoms with van der Waals surface area (Å²) in [6.45, 7) is 6.57. The number of carbonyl (C=O) groups excluding carboxylic acids is 1. The molecule has 1 aliphatic heterocycles. The number of fused-ring (bicyclic) bond motifs is 2. The fourth-order valence-electron chi connectivity index (χ4n) is 5.75. The van der Waals surface area contributed by atoms with Crippen molar-refractivity contribution in [3.05, 3.63) is 106 Å². The fraction of sp³-hybridized carbons (Fsp3) is 0.200. The minimum atomic E-state index is -2.19. The van der Waals surface area contributed by atoms with Gasteiger partial charge in [0.1, 0.15) is 13.8 Å². The lowest BCUT2D eigenvalue weighted by Gasteiger charge is -2.45. The maximum absolute atomic E-state index is 12.5. The molecule has 0 saturated carbocycles. The number of nitrogens with zero attached hydrogens (tertiary/aromatic N) is 1. The Kier molecular flexibility index (Phi) is 5.72. The van der Waals surface area contributed by atoms with Crippen LogP contribution in [0.1, 0.15) is 33.0 Å². The molecule has 3 aromatic rings. The number of carbonyl (C=O) groups is 2. The summed E-state index contributed by atoms with van der Waals surface area (Å²) >= 11 is 0. The summed E-state index contributed by atoms with van der Waals surface area (Å²) in [6, 6.07) is 19.1. The van der Waals surface area contributed by atoms with Gasteiger partial charge in [0, 0.05) is 30.3 Å². The lowest BCUT2D eigenvalue weighted by molar-refractivity contribution is -0.110. The Bertz CT molecular complexity index is 1450. The topological polar surface area (TPSA) is 77.8 Å². The summed E-state index contributed by atoms with van der Waals surface area (Å²) < 4.78 is 0. The Morgan fingerprint density at radius 2 is 1.61 bits per heavy atom. The van der Waals surface area contributed by atoms with Crippen LogP contribution in [0, 0.1) is 12.8 Å². The summed E-state index contributed by atoms with van der Waals surface area (Å²) in [5, 5.41) is 21.7. The summed E-state index contributed by atoms with van der Waals surface area (Å²) in [6.07, 6.45) is 5.55. The first kappa shape index (κ1) is 23.8. The molecule has 3 aromatic carbocycles. The zero-order valence-corrected chi connectivity index (χ0v) is 21.8. The molecule has 36 heavy (non-hydrogen) atoms. The molecule has 5 nitrogen and oxygen atoms in total. The number of hydrogen-bond acceptors (Lipinski definition) is 4. The minimum absolute atomic E-state index is 0.00741. The maximum Gasteiger partial charge on any atom is 0.335 e. The van der Waals surface area contributed by atoms with E-state index in [2.05, 4.69) is 36.2 Å². The lowest BCUT2D eigenvalue weighted by atomic mass is 9.76. The number of phenols is 1. The standard InChI is InChI=1S/C30H29NO4Si/c1-18-15-19(30(34)35)5-12-24(18)29-25-13-8-21(31(2)20-6-9-22(32)10-7-20)16-27(25)36(3,4)28-17-23(33)11-14-26(28)29/h5-17,26,29,32H,1-4H3,(H,34,35). The van der Waals surface area contributed by atoms with Gasteiger partial charge < -0.3 is 15.1 Å². The average molecular weight is 496 g/mol. The van der Waals surface area contributed by atoms with Crippen LogP contribution in [0.4, 0.5) is 11.4 Å². The van der Waals surface area contributed by atoms with E-state index in [1.807, 2.05) is 44.3 Å². The van der Waals surface area contributed by atoms with Gasteiger partial charge in [0.2, 0.25) is 0 Å². The molecule has 182 valence electrons. The Labute approximate surface area is 212 Å². The van der Waals surface area contributed by atoms with Gasteiger partial charge in [-0.2, -0.15) is 0 Å². The molecule has 1 aliphatic carbocycles. The molecule has 0 bridgehead atoms. The van der Waals surface area contributed by atoms with Gasteiger partial charge in [0.05, 0.1) is 5.56 Å². The first-order valence-electron chi connectivity index (χ1n) is 12.0. The second-order valence-electron chi connectivity index (χ2n) is 10.2. The highest BCUT2D eigenvalue weighted by Gasteiger charge is 2.45. The molecular weight excluding hydrogens is 466 g/mol. The van der Waals surface area contributed by atoms with E-state index in [4.69, 9.17) is 0 Å². The SMILES string of the molecule is Cc1cc(C(=O)O)ccc1C1c2ccc(N(C)c3ccc(O)cc3)cc2[Si](C)(C)C2=CC(=O)C=CC21. The molecule has 1 heterocycles. The Balaban J connectivity index is 1.69. The van der Waals surface area contributed by atoms with Crippen molar-refractivity contribution in [2.75, 3.05) is 11.9 Å². The van der Waals surface area contributed by atoms with Crippen LogP contribution in [0.25, 0.3) is 0 Å². The zero-order valence-electron chi connectivity index (χ0n) is 20.8. The van der Waals surface area contributed by atoms with Gasteiger partial charge in [-0.1, -0.05) is 36.5 Å². The number of benzene rings is 3. The molecule has 5 rings (SSSR count). The second-order valence-corrected chi connectivity index (χ2v) is 14.6. The number of aromatic carboxylic acids is 1. The molecular formula is C30H29NO4Si. The molecule has 0 spiro atoms. The van der Waals surface area contributed by atoms with E-state index in [1.54, 1.807) is 30.3 Å². The number of ketones is 1. The van der Waals surface area contributed by atoms with Gasteiger partial charge in [0.25, 0.3) is 0 Å². The van der Waals surface area contributed by atoms with Crippen LogP contribution in [-0.2, 0) is 4.79 Å². The third-order valence-electron chi connectivity index (χ3n) is 7.73. The Morgan fingerprint density at radius 3 is 2.28 bits per heavy atom. The van der Waals surface area contributed by atoms with Crippen molar-refractivity contribution in [1.29, 1.82) is 0 Å². The third-order valence-corrected chi connectivity index (χ3v) is 11.4. The number of phenolic OH excluding ortho intramolecular Hbond substituents is 1. The zero-order chi connectivity index (χ0) is 25.8. The van der Waals surface area contributed by atoms with Crippen LogP contribution in [0.5, 0.6) is 5.75 Å². The summed E-state index contributed by atoms with van der Waals surface area (Å²) in [5.74, 6) is -0.627. The Morgan fingerprint density at radius 1 is 0.944 bits per heavy atom. The molecule has 2 unspecified atom stereocenters. The van der Waals surface area contributed by atoms with E-state index < -0.39 is 14.0 Å². The number of carboxylic acid groups (broad SMARTS) is 1. The van der Waals surface area contributed by atoms with Crippen LogP contribution in [0.3, 0.4) is 0 Å². The number of carboxylic acids is 1. The molecule has 0 radical (unpaired) electrons. The van der Waals surface area contributed by atoms with Crippen LogP contribution in [-0.4, -0.2) is 37.1 Å². The first-order chi connectivity index (χ1) is 17.1. The van der Waals surface area contributed by atoms with Gasteiger partial charge in [-0.15, -0.1) is 0 Å². The van der Waals surface area contributed by atoms with Crippen molar-refractivity contribution in [1.82, 2.24) is 0 Å². The van der Waals surface area contributed by atoms with E-state index in [1.165, 1.54) is 15.9 Å². The summed E-state index contributed by atoms with van der Waals surface area (Å²) in [5.41, 5.74) is 5.53. The smallest absolute Gasteiger partial charge is 0.335 e. The number of hydrogen-bond donors (Lipinski definition) is 2. The van der Waals surface area contributed by atoms with Crippen molar-refractivity contribution in [2.45, 2.75) is 25.9 Å². The van der Waals surface area contributed by atoms with Gasteiger partial charge >= 0.3 is 5.97 Å². The van der Waals surface area contributed by atoms with Crippen molar-refractivity contribution >= 4 is 36.4 Å². The fourth-order valence-corrected chi connectivity index (χ4v) is 9.13. The molecule has 0 fully saturated rings. The van der Waals surface area contributed by atoms with Gasteiger partial charge in [-0.25, -0.2) is 4.79 Å². The molecule has 2 N–H and O–H groups in total. The monoisotopic (exact) mass is 495 g/mol. The number of rotatable bonds is 4. The summed E-state index contributed by atoms with van der Waals surface area (Å²) in [4.78, 5) is 26.2. The van der Waals surface area contributed by atoms with Crippen molar-refractivity contribution in [3.8, 4) is 5.75 Å². The van der Waals surface area contributed by atoms with E-state index in [0.717, 1.165) is 22.5 Å². The Hall–Kier alpha value is -3.90. The van der Waals surface area contributed by atoms with E-state index in [0.29, 0.717) is 0 Å². The van der Waals surface area contributed by atoms with Crippen molar-refractivity contribution in [2.24, 2.45) is 5.92 Å². The van der Waals surface area contributed by atoms with E-state index >= 15 is 0 Å². The molecule has 2 atom stereocenters. The molecule has 0 aromatic heterocycles. The highest BCUT2D eigenvalue weighted by molar-refractivity contribution is 6.96. The van der Waals surface area contributed by atoms with Crippen LogP contribution in [0.2, 0.25) is 13.1 Å².